The van der Waals surface area contributed by atoms with Crippen LogP contribution in [-0.2, 0) is 14.2 Å². The third-order valence-corrected chi connectivity index (χ3v) is 3.94. The largest absolute Gasteiger partial charge is 0.394 e. The van der Waals surface area contributed by atoms with Crippen molar-refractivity contribution in [2.75, 3.05) is 6.61 Å². The Morgan fingerprint density at radius 3 is 2.91 bits per heavy atom. The van der Waals surface area contributed by atoms with E-state index in [1.165, 1.54) is 12.7 Å². The number of rotatable bonds is 2. The Morgan fingerprint density at radius 1 is 1.36 bits per heavy atom. The van der Waals surface area contributed by atoms with Gasteiger partial charge in [0, 0.05) is 0 Å². The van der Waals surface area contributed by atoms with Crippen molar-refractivity contribution >= 4 is 11.2 Å². The van der Waals surface area contributed by atoms with Crippen molar-refractivity contribution < 1.29 is 19.3 Å². The highest BCUT2D eigenvalue weighted by Gasteiger charge is 2.55. The SMILES string of the molecule is CC1(C)O[C@@H]2[C@H](O1)[C@@H](n1cnc3c(=O)[nH]cnc31)O[C@H]2CO. The topological polar surface area (TPSA) is 111 Å². The van der Waals surface area contributed by atoms with Gasteiger partial charge in [-0.05, 0) is 13.8 Å². The van der Waals surface area contributed by atoms with Crippen LogP contribution < -0.4 is 5.56 Å². The molecule has 9 heteroatoms. The molecule has 118 valence electrons. The van der Waals surface area contributed by atoms with Crippen LogP contribution in [0, 0.1) is 0 Å². The maximum absolute atomic E-state index is 11.8. The van der Waals surface area contributed by atoms with E-state index in [9.17, 15) is 9.90 Å². The highest BCUT2D eigenvalue weighted by Crippen LogP contribution is 2.43. The Bertz CT molecular complexity index is 769. The maximum Gasteiger partial charge on any atom is 0.278 e. The van der Waals surface area contributed by atoms with Gasteiger partial charge in [0.1, 0.15) is 18.3 Å². The Kier molecular flexibility index (Phi) is 2.89. The molecule has 4 heterocycles. The fourth-order valence-corrected chi connectivity index (χ4v) is 3.08. The molecule has 2 aliphatic rings. The summed E-state index contributed by atoms with van der Waals surface area (Å²) in [6.45, 7) is 3.44. The summed E-state index contributed by atoms with van der Waals surface area (Å²) in [6, 6.07) is 0. The van der Waals surface area contributed by atoms with Crippen molar-refractivity contribution in [2.45, 2.75) is 44.2 Å². The highest BCUT2D eigenvalue weighted by molar-refractivity contribution is 5.68. The Balaban J connectivity index is 1.78. The summed E-state index contributed by atoms with van der Waals surface area (Å²) in [4.78, 5) is 22.5. The van der Waals surface area contributed by atoms with Gasteiger partial charge in [0.25, 0.3) is 5.56 Å². The van der Waals surface area contributed by atoms with E-state index in [0.717, 1.165) is 0 Å². The van der Waals surface area contributed by atoms with Crippen LogP contribution >= 0.6 is 0 Å². The zero-order valence-electron chi connectivity index (χ0n) is 12.1. The van der Waals surface area contributed by atoms with Gasteiger partial charge in [0.05, 0.1) is 19.3 Å². The number of aliphatic hydroxyl groups excluding tert-OH is 1. The molecule has 0 aromatic carbocycles. The van der Waals surface area contributed by atoms with E-state index in [1.807, 2.05) is 13.8 Å². The number of hydrogen-bond donors (Lipinski definition) is 2. The molecule has 22 heavy (non-hydrogen) atoms. The Morgan fingerprint density at radius 2 is 2.14 bits per heavy atom. The van der Waals surface area contributed by atoms with Gasteiger partial charge in [-0.2, -0.15) is 0 Å². The summed E-state index contributed by atoms with van der Waals surface area (Å²) in [5.41, 5.74) is 0.314. The summed E-state index contributed by atoms with van der Waals surface area (Å²) < 4.78 is 19.2. The number of H-pyrrole nitrogens is 1. The third-order valence-electron chi connectivity index (χ3n) is 3.94. The van der Waals surface area contributed by atoms with E-state index in [1.54, 1.807) is 4.57 Å². The first-order valence-electron chi connectivity index (χ1n) is 7.02. The number of imidazole rings is 1. The van der Waals surface area contributed by atoms with Gasteiger partial charge >= 0.3 is 0 Å². The molecular weight excluding hydrogens is 292 g/mol. The summed E-state index contributed by atoms with van der Waals surface area (Å²) in [7, 11) is 0. The molecule has 0 aliphatic carbocycles. The molecule has 2 fully saturated rings. The lowest BCUT2D eigenvalue weighted by atomic mass is 10.1. The quantitative estimate of drug-likeness (QED) is 0.771. The van der Waals surface area contributed by atoms with Gasteiger partial charge in [-0.25, -0.2) is 9.97 Å². The van der Waals surface area contributed by atoms with Gasteiger partial charge in [-0.3, -0.25) is 9.36 Å². The van der Waals surface area contributed by atoms with E-state index in [0.29, 0.717) is 5.65 Å². The number of aromatic amines is 1. The van der Waals surface area contributed by atoms with Crippen LogP contribution in [0.25, 0.3) is 11.2 Å². The van der Waals surface area contributed by atoms with Crippen LogP contribution in [0.2, 0.25) is 0 Å². The third kappa shape index (κ3) is 1.90. The minimum Gasteiger partial charge on any atom is -0.394 e. The number of ether oxygens (including phenoxy) is 3. The van der Waals surface area contributed by atoms with E-state index in [2.05, 4.69) is 15.0 Å². The summed E-state index contributed by atoms with van der Waals surface area (Å²) in [5, 5.41) is 9.50. The fraction of sp³-hybridized carbons (Fsp3) is 0.615. The lowest BCUT2D eigenvalue weighted by molar-refractivity contribution is -0.199. The van der Waals surface area contributed by atoms with Gasteiger partial charge in [0.2, 0.25) is 0 Å². The van der Waals surface area contributed by atoms with Gasteiger partial charge in [-0.15, -0.1) is 0 Å². The lowest BCUT2D eigenvalue weighted by Gasteiger charge is -2.24. The highest BCUT2D eigenvalue weighted by atomic mass is 16.8. The predicted octanol–water partition coefficient (Wildman–Crippen LogP) is -0.471. The van der Waals surface area contributed by atoms with E-state index >= 15 is 0 Å². The molecule has 0 spiro atoms. The van der Waals surface area contributed by atoms with Crippen molar-refractivity contribution in [1.29, 1.82) is 0 Å². The van der Waals surface area contributed by atoms with Crippen molar-refractivity contribution in [3.05, 3.63) is 23.0 Å². The zero-order valence-corrected chi connectivity index (χ0v) is 12.1. The van der Waals surface area contributed by atoms with E-state index in [-0.39, 0.29) is 23.8 Å². The fourth-order valence-electron chi connectivity index (χ4n) is 3.08. The molecule has 2 aromatic heterocycles. The number of aliphatic hydroxyl groups is 1. The molecule has 2 N–H and O–H groups in total. The standard InChI is InChI=1S/C13H16N4O5/c1-13(2)21-8-6(3-18)20-12(9(8)22-13)17-5-16-7-10(17)14-4-15-11(7)19/h4-6,8-9,12,18H,3H2,1-2H3,(H,14,15,19)/t6-,8-,9-,12-/m0/s1. The van der Waals surface area contributed by atoms with Crippen molar-refractivity contribution in [1.82, 2.24) is 19.5 Å². The van der Waals surface area contributed by atoms with Crippen LogP contribution in [0.15, 0.2) is 17.4 Å². The molecule has 2 aliphatic heterocycles. The summed E-state index contributed by atoms with van der Waals surface area (Å²) in [6.07, 6.45) is 0.937. The summed E-state index contributed by atoms with van der Waals surface area (Å²) in [5.74, 6) is -0.758. The molecule has 0 saturated carbocycles. The van der Waals surface area contributed by atoms with Crippen molar-refractivity contribution in [3.8, 4) is 0 Å². The molecule has 9 nitrogen and oxygen atoms in total. The second-order valence-corrected chi connectivity index (χ2v) is 5.87. The zero-order chi connectivity index (χ0) is 15.5. The summed E-state index contributed by atoms with van der Waals surface area (Å²) >= 11 is 0. The predicted molar refractivity (Wildman–Crippen MR) is 73.0 cm³/mol. The minimum atomic E-state index is -0.758. The number of aromatic nitrogens is 4. The first kappa shape index (κ1) is 13.8. The Hall–Kier alpha value is -1.81. The van der Waals surface area contributed by atoms with E-state index in [4.69, 9.17) is 14.2 Å². The lowest BCUT2D eigenvalue weighted by Crippen LogP contribution is -2.31. The van der Waals surface area contributed by atoms with Crippen molar-refractivity contribution in [2.24, 2.45) is 0 Å². The number of nitrogens with zero attached hydrogens (tertiary/aromatic N) is 3. The molecule has 4 atom stereocenters. The first-order chi connectivity index (χ1) is 10.5. The normalized spacial score (nSPS) is 33.4. The van der Waals surface area contributed by atoms with Crippen LogP contribution in [0.4, 0.5) is 0 Å². The molecule has 0 unspecified atom stereocenters. The van der Waals surface area contributed by atoms with Gasteiger partial charge in [0.15, 0.2) is 23.2 Å². The number of fused-ring (bicyclic) bond motifs is 2. The molecular formula is C13H16N4O5. The number of nitrogens with one attached hydrogen (secondary N) is 1. The minimum absolute atomic E-state index is 0.183. The Labute approximate surface area is 124 Å². The average Bonchev–Trinajstić information content (AvgIpc) is 3.10. The second-order valence-electron chi connectivity index (χ2n) is 5.87. The molecule has 2 aromatic rings. The monoisotopic (exact) mass is 308 g/mol. The molecule has 0 radical (unpaired) electrons. The van der Waals surface area contributed by atoms with Gasteiger partial charge in [-0.1, -0.05) is 0 Å². The molecule has 0 amide bonds. The molecule has 4 rings (SSSR count). The second kappa shape index (κ2) is 4.59. The van der Waals surface area contributed by atoms with Gasteiger partial charge < -0.3 is 24.3 Å². The molecule has 0 bridgehead atoms. The van der Waals surface area contributed by atoms with Crippen LogP contribution in [0.3, 0.4) is 0 Å². The first-order valence-corrected chi connectivity index (χ1v) is 7.02. The van der Waals surface area contributed by atoms with Crippen LogP contribution in [-0.4, -0.2) is 55.3 Å². The van der Waals surface area contributed by atoms with Crippen LogP contribution in [0.5, 0.6) is 0 Å². The average molecular weight is 308 g/mol. The van der Waals surface area contributed by atoms with Crippen LogP contribution in [0.1, 0.15) is 20.1 Å². The van der Waals surface area contributed by atoms with Crippen molar-refractivity contribution in [3.63, 3.8) is 0 Å². The number of hydrogen-bond acceptors (Lipinski definition) is 7. The van der Waals surface area contributed by atoms with E-state index < -0.39 is 24.2 Å². The molecule has 2 saturated heterocycles. The maximum atomic E-state index is 11.8. The smallest absolute Gasteiger partial charge is 0.278 e.